The van der Waals surface area contributed by atoms with E-state index in [1.165, 1.54) is 11.3 Å². The van der Waals surface area contributed by atoms with Crippen LogP contribution in [0.2, 0.25) is 0 Å². The molecule has 8 heteroatoms. The molecule has 0 fully saturated rings. The maximum Gasteiger partial charge on any atom is 0.251 e. The third kappa shape index (κ3) is 2.45. The quantitative estimate of drug-likeness (QED) is 0.747. The Morgan fingerprint density at radius 1 is 1.50 bits per heavy atom. The van der Waals surface area contributed by atoms with Crippen LogP contribution < -0.4 is 11.1 Å². The lowest BCUT2D eigenvalue weighted by Crippen LogP contribution is -2.23. The lowest BCUT2D eigenvalue weighted by Gasteiger charge is -2.02. The molecular formula is C12H12N6OS. The van der Waals surface area contributed by atoms with Gasteiger partial charge in [0.05, 0.1) is 16.8 Å². The van der Waals surface area contributed by atoms with Gasteiger partial charge in [0.1, 0.15) is 6.33 Å². The van der Waals surface area contributed by atoms with E-state index in [0.29, 0.717) is 23.1 Å². The summed E-state index contributed by atoms with van der Waals surface area (Å²) in [5.41, 5.74) is 7.01. The van der Waals surface area contributed by atoms with Crippen LogP contribution in [-0.4, -0.2) is 25.7 Å². The van der Waals surface area contributed by atoms with Crippen molar-refractivity contribution in [3.05, 3.63) is 35.9 Å². The molecule has 2 aromatic heterocycles. The molecule has 1 amide bonds. The van der Waals surface area contributed by atoms with E-state index < -0.39 is 0 Å². The van der Waals surface area contributed by atoms with Crippen molar-refractivity contribution in [1.82, 2.24) is 25.1 Å². The van der Waals surface area contributed by atoms with Crippen LogP contribution in [0.25, 0.3) is 10.2 Å². The van der Waals surface area contributed by atoms with Crippen LogP contribution in [0.3, 0.4) is 0 Å². The van der Waals surface area contributed by atoms with E-state index in [1.807, 2.05) is 0 Å². The summed E-state index contributed by atoms with van der Waals surface area (Å²) >= 11 is 1.36. The molecule has 0 spiro atoms. The molecule has 3 aromatic rings. The van der Waals surface area contributed by atoms with Crippen LogP contribution in [-0.2, 0) is 13.6 Å². The van der Waals surface area contributed by atoms with E-state index in [4.69, 9.17) is 5.73 Å². The first-order valence-electron chi connectivity index (χ1n) is 5.90. The second kappa shape index (κ2) is 4.89. The van der Waals surface area contributed by atoms with Crippen LogP contribution in [0.1, 0.15) is 16.2 Å². The van der Waals surface area contributed by atoms with E-state index >= 15 is 0 Å². The van der Waals surface area contributed by atoms with Crippen molar-refractivity contribution in [3.8, 4) is 0 Å². The molecule has 0 aliphatic carbocycles. The fraction of sp³-hybridized carbons (Fsp3) is 0.167. The summed E-state index contributed by atoms with van der Waals surface area (Å²) in [6.45, 7) is 0.294. The van der Waals surface area contributed by atoms with E-state index in [0.717, 1.165) is 10.2 Å². The molecule has 1 aromatic carbocycles. The smallest absolute Gasteiger partial charge is 0.251 e. The number of aryl methyl sites for hydroxylation is 1. The molecule has 20 heavy (non-hydrogen) atoms. The number of nitrogen functional groups attached to an aromatic ring is 1. The molecular weight excluding hydrogens is 276 g/mol. The van der Waals surface area contributed by atoms with Gasteiger partial charge < -0.3 is 11.1 Å². The molecule has 0 aliphatic rings. The van der Waals surface area contributed by atoms with Gasteiger partial charge in [-0.2, -0.15) is 5.10 Å². The summed E-state index contributed by atoms with van der Waals surface area (Å²) in [7, 11) is 1.78. The predicted molar refractivity (Wildman–Crippen MR) is 76.2 cm³/mol. The van der Waals surface area contributed by atoms with Gasteiger partial charge in [-0.15, -0.1) is 0 Å². The van der Waals surface area contributed by atoms with Crippen molar-refractivity contribution in [2.75, 3.05) is 5.73 Å². The van der Waals surface area contributed by atoms with Gasteiger partial charge in [0, 0.05) is 12.6 Å². The van der Waals surface area contributed by atoms with Crippen molar-refractivity contribution < 1.29 is 4.79 Å². The van der Waals surface area contributed by atoms with Gasteiger partial charge in [-0.1, -0.05) is 11.3 Å². The van der Waals surface area contributed by atoms with Crippen LogP contribution >= 0.6 is 11.3 Å². The molecule has 2 heterocycles. The number of benzene rings is 1. The third-order valence-electron chi connectivity index (χ3n) is 2.72. The zero-order valence-electron chi connectivity index (χ0n) is 10.7. The Hall–Kier alpha value is -2.48. The van der Waals surface area contributed by atoms with Crippen molar-refractivity contribution in [3.63, 3.8) is 0 Å². The highest BCUT2D eigenvalue weighted by atomic mass is 32.1. The highest BCUT2D eigenvalue weighted by Crippen LogP contribution is 2.24. The van der Waals surface area contributed by atoms with Gasteiger partial charge in [0.2, 0.25) is 0 Å². The fourth-order valence-electron chi connectivity index (χ4n) is 1.81. The van der Waals surface area contributed by atoms with E-state index in [-0.39, 0.29) is 5.91 Å². The van der Waals surface area contributed by atoms with Gasteiger partial charge in [-0.05, 0) is 18.2 Å². The van der Waals surface area contributed by atoms with Crippen molar-refractivity contribution >= 4 is 32.6 Å². The first-order chi connectivity index (χ1) is 9.61. The molecule has 0 aliphatic heterocycles. The molecule has 0 saturated carbocycles. The number of rotatable bonds is 3. The Morgan fingerprint density at radius 3 is 3.10 bits per heavy atom. The van der Waals surface area contributed by atoms with E-state index in [1.54, 1.807) is 36.3 Å². The number of anilines is 1. The zero-order valence-corrected chi connectivity index (χ0v) is 11.5. The SMILES string of the molecule is Cn1cnc(CNC(=O)c2ccc3nc(N)sc3c2)n1. The summed E-state index contributed by atoms with van der Waals surface area (Å²) < 4.78 is 2.49. The monoisotopic (exact) mass is 288 g/mol. The number of carbonyl (C=O) groups excluding carboxylic acids is 1. The van der Waals surface area contributed by atoms with Gasteiger partial charge >= 0.3 is 0 Å². The van der Waals surface area contributed by atoms with Gasteiger partial charge in [-0.25, -0.2) is 9.97 Å². The number of hydrogen-bond donors (Lipinski definition) is 2. The Labute approximate surface area is 118 Å². The van der Waals surface area contributed by atoms with Gasteiger partial charge in [0.25, 0.3) is 5.91 Å². The average molecular weight is 288 g/mol. The summed E-state index contributed by atoms with van der Waals surface area (Å²) in [4.78, 5) is 20.3. The normalized spacial score (nSPS) is 10.8. The Morgan fingerprint density at radius 2 is 2.35 bits per heavy atom. The van der Waals surface area contributed by atoms with Crippen LogP contribution in [0, 0.1) is 0 Å². The lowest BCUT2D eigenvalue weighted by atomic mass is 10.2. The topological polar surface area (TPSA) is 98.7 Å². The molecule has 0 saturated heterocycles. The van der Waals surface area contributed by atoms with E-state index in [2.05, 4.69) is 20.4 Å². The third-order valence-corrected chi connectivity index (χ3v) is 3.57. The number of fused-ring (bicyclic) bond motifs is 1. The molecule has 7 nitrogen and oxygen atoms in total. The lowest BCUT2D eigenvalue weighted by molar-refractivity contribution is 0.0950. The molecule has 0 atom stereocenters. The Bertz CT molecular complexity index is 777. The second-order valence-corrected chi connectivity index (χ2v) is 5.31. The first-order valence-corrected chi connectivity index (χ1v) is 6.72. The Balaban J connectivity index is 1.74. The molecule has 3 rings (SSSR count). The Kier molecular flexibility index (Phi) is 3.07. The second-order valence-electron chi connectivity index (χ2n) is 4.25. The van der Waals surface area contributed by atoms with Crippen molar-refractivity contribution in [2.24, 2.45) is 7.05 Å². The minimum Gasteiger partial charge on any atom is -0.375 e. The maximum atomic E-state index is 12.1. The highest BCUT2D eigenvalue weighted by Gasteiger charge is 2.09. The summed E-state index contributed by atoms with van der Waals surface area (Å²) in [5.74, 6) is 0.398. The predicted octanol–water partition coefficient (Wildman–Crippen LogP) is 0.937. The number of nitrogens with zero attached hydrogens (tertiary/aromatic N) is 4. The molecule has 102 valence electrons. The highest BCUT2D eigenvalue weighted by molar-refractivity contribution is 7.22. The minimum atomic E-state index is -0.175. The number of aromatic nitrogens is 4. The largest absolute Gasteiger partial charge is 0.375 e. The number of carbonyl (C=O) groups is 1. The first kappa shape index (κ1) is 12.5. The number of hydrogen-bond acceptors (Lipinski definition) is 6. The van der Waals surface area contributed by atoms with E-state index in [9.17, 15) is 4.79 Å². The number of amides is 1. The summed E-state index contributed by atoms with van der Waals surface area (Å²) in [5, 5.41) is 7.37. The molecule has 0 unspecified atom stereocenters. The van der Waals surface area contributed by atoms with Crippen LogP contribution in [0.15, 0.2) is 24.5 Å². The summed E-state index contributed by atoms with van der Waals surface area (Å²) in [6, 6.07) is 5.29. The van der Waals surface area contributed by atoms with Gasteiger partial charge in [-0.3, -0.25) is 9.48 Å². The van der Waals surface area contributed by atoms with Crippen molar-refractivity contribution in [2.45, 2.75) is 6.54 Å². The molecule has 0 bridgehead atoms. The van der Waals surface area contributed by atoms with Gasteiger partial charge in [0.15, 0.2) is 11.0 Å². The fourth-order valence-corrected chi connectivity index (χ4v) is 2.58. The number of nitrogens with two attached hydrogens (primary N) is 1. The van der Waals surface area contributed by atoms with Crippen LogP contribution in [0.5, 0.6) is 0 Å². The standard InChI is InChI=1S/C12H12N6OS/c1-18-6-15-10(17-18)5-14-11(19)7-2-3-8-9(4-7)20-12(13)16-8/h2-4,6H,5H2,1H3,(H2,13,16)(H,14,19). The maximum absolute atomic E-state index is 12.1. The number of nitrogens with one attached hydrogen (secondary N) is 1. The number of thiazole rings is 1. The molecule has 0 radical (unpaired) electrons. The summed E-state index contributed by atoms with van der Waals surface area (Å²) in [6.07, 6.45) is 1.59. The van der Waals surface area contributed by atoms with Crippen LogP contribution in [0.4, 0.5) is 5.13 Å². The minimum absolute atomic E-state index is 0.175. The average Bonchev–Trinajstić information content (AvgIpc) is 2.99. The van der Waals surface area contributed by atoms with Crippen molar-refractivity contribution in [1.29, 1.82) is 0 Å². The molecule has 3 N–H and O–H groups in total. The zero-order chi connectivity index (χ0) is 14.1.